The van der Waals surface area contributed by atoms with Crippen LogP contribution in [-0.2, 0) is 0 Å². The van der Waals surface area contributed by atoms with E-state index in [-0.39, 0.29) is 18.4 Å². The van der Waals surface area contributed by atoms with E-state index in [1.807, 2.05) is 21.0 Å². The molecule has 2 rings (SSSR count). The number of nitrogens with zero attached hydrogens (tertiary/aromatic N) is 2. The highest BCUT2D eigenvalue weighted by Crippen LogP contribution is 2.31. The maximum atomic E-state index is 12.5. The largest absolute Gasteiger partial charge is 0.383 e. The van der Waals surface area contributed by atoms with Crippen molar-refractivity contribution in [1.82, 2.24) is 10.2 Å². The fourth-order valence-corrected chi connectivity index (χ4v) is 2.44. The minimum absolute atomic E-state index is 0.0956. The number of ketones is 1. The standard InChI is InChI=1S/C15H18ClN3O2/c1-4-17-15(21)19-9-10(8-18(2)3)14(20)12-7-11(16)5-6-13(12)19/h5-8H,4,9H2,1-3H3,(H,17,21). The third-order valence-electron chi connectivity index (χ3n) is 3.10. The number of Topliss-reactive ketones (excluding diaryl/α,β-unsaturated/α-hetero) is 1. The summed E-state index contributed by atoms with van der Waals surface area (Å²) in [7, 11) is 3.68. The van der Waals surface area contributed by atoms with Gasteiger partial charge in [-0.25, -0.2) is 4.79 Å². The Labute approximate surface area is 129 Å². The number of nitrogens with one attached hydrogen (secondary N) is 1. The van der Waals surface area contributed by atoms with Crippen LogP contribution < -0.4 is 10.2 Å². The van der Waals surface area contributed by atoms with Crippen LogP contribution in [0, 0.1) is 0 Å². The van der Waals surface area contributed by atoms with Crippen LogP contribution in [0.4, 0.5) is 10.5 Å². The van der Waals surface area contributed by atoms with Gasteiger partial charge in [0.05, 0.1) is 12.2 Å². The van der Waals surface area contributed by atoms with E-state index in [4.69, 9.17) is 11.6 Å². The van der Waals surface area contributed by atoms with Gasteiger partial charge in [-0.15, -0.1) is 0 Å². The Hall–Kier alpha value is -2.01. The Morgan fingerprint density at radius 2 is 2.19 bits per heavy atom. The van der Waals surface area contributed by atoms with Crippen LogP contribution in [0.1, 0.15) is 17.3 Å². The molecule has 0 bridgehead atoms. The molecule has 1 aliphatic heterocycles. The van der Waals surface area contributed by atoms with Crippen molar-refractivity contribution in [3.63, 3.8) is 0 Å². The van der Waals surface area contributed by atoms with E-state index in [0.717, 1.165) is 0 Å². The summed E-state index contributed by atoms with van der Waals surface area (Å²) >= 11 is 5.98. The van der Waals surface area contributed by atoms with Crippen molar-refractivity contribution in [2.45, 2.75) is 6.92 Å². The molecule has 0 spiro atoms. The number of hydrogen-bond donors (Lipinski definition) is 1. The Balaban J connectivity index is 2.51. The first-order valence-corrected chi connectivity index (χ1v) is 7.08. The van der Waals surface area contributed by atoms with E-state index in [9.17, 15) is 9.59 Å². The second kappa shape index (κ2) is 6.18. The van der Waals surface area contributed by atoms with Gasteiger partial charge in [0.1, 0.15) is 0 Å². The normalized spacial score (nSPS) is 15.9. The van der Waals surface area contributed by atoms with Gasteiger partial charge in [0.2, 0.25) is 0 Å². The molecule has 0 aromatic heterocycles. The highest BCUT2D eigenvalue weighted by molar-refractivity contribution is 6.31. The van der Waals surface area contributed by atoms with E-state index >= 15 is 0 Å². The summed E-state index contributed by atoms with van der Waals surface area (Å²) in [4.78, 5) is 28.1. The van der Waals surface area contributed by atoms with Crippen molar-refractivity contribution < 1.29 is 9.59 Å². The minimum atomic E-state index is -0.224. The number of carbonyl (C=O) groups is 2. The molecule has 2 amide bonds. The smallest absolute Gasteiger partial charge is 0.322 e. The molecule has 112 valence electrons. The molecule has 5 nitrogen and oxygen atoms in total. The van der Waals surface area contributed by atoms with Gasteiger partial charge in [-0.2, -0.15) is 0 Å². The zero-order valence-electron chi connectivity index (χ0n) is 12.3. The van der Waals surface area contributed by atoms with Crippen LogP contribution in [0.5, 0.6) is 0 Å². The van der Waals surface area contributed by atoms with Gasteiger partial charge in [-0.1, -0.05) is 11.6 Å². The number of carbonyl (C=O) groups excluding carboxylic acids is 2. The highest BCUT2D eigenvalue weighted by atomic mass is 35.5. The van der Waals surface area contributed by atoms with E-state index in [1.165, 1.54) is 0 Å². The second-order valence-corrected chi connectivity index (χ2v) is 5.47. The van der Waals surface area contributed by atoms with Gasteiger partial charge < -0.3 is 10.2 Å². The molecule has 0 unspecified atom stereocenters. The topological polar surface area (TPSA) is 52.7 Å². The molecule has 1 aliphatic rings. The number of urea groups is 1. The first kappa shape index (κ1) is 15.4. The molecule has 0 atom stereocenters. The van der Waals surface area contributed by atoms with Crippen LogP contribution in [0.25, 0.3) is 0 Å². The maximum Gasteiger partial charge on any atom is 0.322 e. The maximum absolute atomic E-state index is 12.5. The molecule has 0 saturated heterocycles. The molecule has 1 aromatic rings. The molecule has 0 fully saturated rings. The molecule has 0 aliphatic carbocycles. The fraction of sp³-hybridized carbons (Fsp3) is 0.333. The summed E-state index contributed by atoms with van der Waals surface area (Å²) in [6, 6.07) is 4.77. The molecule has 1 N–H and O–H groups in total. The van der Waals surface area contributed by atoms with Gasteiger partial charge >= 0.3 is 6.03 Å². The van der Waals surface area contributed by atoms with E-state index in [1.54, 1.807) is 34.2 Å². The van der Waals surface area contributed by atoms with Crippen LogP contribution in [0.3, 0.4) is 0 Å². The zero-order valence-corrected chi connectivity index (χ0v) is 13.1. The predicted molar refractivity (Wildman–Crippen MR) is 84.0 cm³/mol. The average molecular weight is 308 g/mol. The van der Waals surface area contributed by atoms with Crippen molar-refractivity contribution in [3.8, 4) is 0 Å². The van der Waals surface area contributed by atoms with E-state index in [0.29, 0.717) is 28.4 Å². The average Bonchev–Trinajstić information content (AvgIpc) is 2.42. The lowest BCUT2D eigenvalue weighted by atomic mass is 9.96. The number of halogens is 1. The Kier molecular flexibility index (Phi) is 4.53. The van der Waals surface area contributed by atoms with Crippen molar-refractivity contribution >= 4 is 29.1 Å². The predicted octanol–water partition coefficient (Wildman–Crippen LogP) is 2.52. The van der Waals surface area contributed by atoms with Crippen LogP contribution in [0.2, 0.25) is 5.02 Å². The Bertz CT molecular complexity index is 611. The number of rotatable bonds is 2. The van der Waals surface area contributed by atoms with Gasteiger partial charge in [0, 0.05) is 43.0 Å². The quantitative estimate of drug-likeness (QED) is 0.854. The van der Waals surface area contributed by atoms with Gasteiger partial charge in [-0.3, -0.25) is 9.69 Å². The molecule has 0 radical (unpaired) electrons. The van der Waals surface area contributed by atoms with Crippen molar-refractivity contribution in [3.05, 3.63) is 40.6 Å². The number of anilines is 1. The van der Waals surface area contributed by atoms with Crippen LogP contribution in [-0.4, -0.2) is 43.9 Å². The second-order valence-electron chi connectivity index (χ2n) is 5.03. The van der Waals surface area contributed by atoms with E-state index < -0.39 is 0 Å². The monoisotopic (exact) mass is 307 g/mol. The summed E-state index contributed by atoms with van der Waals surface area (Å²) in [5.41, 5.74) is 1.60. The van der Waals surface area contributed by atoms with Gasteiger partial charge in [-0.05, 0) is 25.1 Å². The Morgan fingerprint density at radius 3 is 2.81 bits per heavy atom. The summed E-state index contributed by atoms with van der Waals surface area (Å²) in [6.07, 6.45) is 1.73. The lowest BCUT2D eigenvalue weighted by molar-refractivity contribution is 0.102. The third-order valence-corrected chi connectivity index (χ3v) is 3.34. The van der Waals surface area contributed by atoms with Gasteiger partial charge in [0.15, 0.2) is 5.78 Å². The third kappa shape index (κ3) is 3.19. The molecule has 6 heteroatoms. The summed E-state index contributed by atoms with van der Waals surface area (Å²) < 4.78 is 0. The molecule has 1 heterocycles. The number of benzene rings is 1. The molecular formula is C15H18ClN3O2. The van der Waals surface area contributed by atoms with Crippen LogP contribution >= 0.6 is 11.6 Å². The lowest BCUT2D eigenvalue weighted by Crippen LogP contribution is -2.45. The molecular weight excluding hydrogens is 290 g/mol. The summed E-state index contributed by atoms with van der Waals surface area (Å²) in [5, 5.41) is 3.24. The van der Waals surface area contributed by atoms with Crippen molar-refractivity contribution in [2.75, 3.05) is 32.1 Å². The van der Waals surface area contributed by atoms with Crippen molar-refractivity contribution in [1.29, 1.82) is 0 Å². The van der Waals surface area contributed by atoms with Gasteiger partial charge in [0.25, 0.3) is 0 Å². The Morgan fingerprint density at radius 1 is 1.48 bits per heavy atom. The van der Waals surface area contributed by atoms with E-state index in [2.05, 4.69) is 5.32 Å². The molecule has 0 saturated carbocycles. The number of amides is 2. The number of hydrogen-bond acceptors (Lipinski definition) is 3. The van der Waals surface area contributed by atoms with Crippen LogP contribution in [0.15, 0.2) is 30.0 Å². The zero-order chi connectivity index (χ0) is 15.6. The summed E-state index contributed by atoms with van der Waals surface area (Å²) in [6.45, 7) is 2.63. The van der Waals surface area contributed by atoms with Crippen molar-refractivity contribution in [2.24, 2.45) is 0 Å². The summed E-state index contributed by atoms with van der Waals surface area (Å²) in [5.74, 6) is -0.0956. The number of fused-ring (bicyclic) bond motifs is 1. The fourth-order valence-electron chi connectivity index (χ4n) is 2.26. The molecule has 1 aromatic carbocycles. The first-order chi connectivity index (χ1) is 9.93. The lowest BCUT2D eigenvalue weighted by Gasteiger charge is -2.30. The first-order valence-electron chi connectivity index (χ1n) is 6.70. The molecule has 21 heavy (non-hydrogen) atoms. The SMILES string of the molecule is CCNC(=O)N1CC(=CN(C)C)C(=O)c2cc(Cl)ccc21. The highest BCUT2D eigenvalue weighted by Gasteiger charge is 2.31. The minimum Gasteiger partial charge on any atom is -0.383 e.